The molecule has 0 aliphatic carbocycles. The van der Waals surface area contributed by atoms with Gasteiger partial charge in [-0.3, -0.25) is 9.69 Å². The first-order chi connectivity index (χ1) is 17.8. The molecule has 3 aromatic rings. The third-order valence-electron chi connectivity index (χ3n) is 7.61. The zero-order chi connectivity index (χ0) is 26.1. The molecule has 3 heterocycles. The molecule has 196 valence electrons. The van der Waals surface area contributed by atoms with Crippen LogP contribution in [-0.4, -0.2) is 72.0 Å². The first kappa shape index (κ1) is 25.1. The van der Waals surface area contributed by atoms with E-state index in [-0.39, 0.29) is 35.2 Å². The Balaban J connectivity index is 1.28. The molecule has 0 radical (unpaired) electrons. The number of likely N-dealkylation sites (tertiary alicyclic amines) is 2. The summed E-state index contributed by atoms with van der Waals surface area (Å²) in [6, 6.07) is 10.5. The summed E-state index contributed by atoms with van der Waals surface area (Å²) in [5, 5.41) is 39.1. The van der Waals surface area contributed by atoms with E-state index < -0.39 is 0 Å². The van der Waals surface area contributed by atoms with Crippen LogP contribution >= 0.6 is 0 Å². The summed E-state index contributed by atoms with van der Waals surface area (Å²) < 4.78 is 1.48. The summed E-state index contributed by atoms with van der Waals surface area (Å²) in [4.78, 5) is 17.1. The molecule has 9 nitrogen and oxygen atoms in total. The van der Waals surface area contributed by atoms with Crippen molar-refractivity contribution in [1.29, 1.82) is 0 Å². The van der Waals surface area contributed by atoms with Crippen LogP contribution in [0.3, 0.4) is 0 Å². The highest BCUT2D eigenvalue weighted by Crippen LogP contribution is 2.38. The summed E-state index contributed by atoms with van der Waals surface area (Å²) in [7, 11) is 0. The highest BCUT2D eigenvalue weighted by Gasteiger charge is 2.29. The van der Waals surface area contributed by atoms with Gasteiger partial charge < -0.3 is 20.2 Å². The molecule has 1 aromatic heterocycles. The average molecular weight is 506 g/mol. The molecule has 2 aliphatic heterocycles. The number of carbonyl (C=O) groups excluding carboxylic acids is 1. The fourth-order valence-electron chi connectivity index (χ4n) is 5.47. The molecule has 2 fully saturated rings. The molecule has 2 aliphatic rings. The van der Waals surface area contributed by atoms with Gasteiger partial charge in [0, 0.05) is 31.6 Å². The Morgan fingerprint density at radius 1 is 0.946 bits per heavy atom. The molecule has 0 bridgehead atoms. The highest BCUT2D eigenvalue weighted by atomic mass is 16.3. The lowest BCUT2D eigenvalue weighted by molar-refractivity contribution is -0.136. The summed E-state index contributed by atoms with van der Waals surface area (Å²) in [6.45, 7) is 8.33. The predicted octanol–water partition coefficient (Wildman–Crippen LogP) is 4.01. The number of hydrogen-bond donors (Lipinski definition) is 3. The molecule has 2 saturated heterocycles. The van der Waals surface area contributed by atoms with E-state index in [1.807, 2.05) is 43.0 Å². The van der Waals surface area contributed by atoms with Crippen LogP contribution < -0.4 is 0 Å². The maximum Gasteiger partial charge on any atom is 0.319 e. The minimum atomic E-state index is -0.286. The van der Waals surface area contributed by atoms with E-state index in [1.54, 1.807) is 6.07 Å². The SMILES string of the molecule is CC(C)c1cc(-c2nnc(O)n2-c2ccc(CN3CCC(C(=O)N4CCCC4)CC3)cc2)c(O)cc1O. The Bertz CT molecular complexity index is 1260. The molecule has 0 saturated carbocycles. The first-order valence-electron chi connectivity index (χ1n) is 13.1. The Kier molecular flexibility index (Phi) is 7.06. The summed E-state index contributed by atoms with van der Waals surface area (Å²) in [6.07, 6.45) is 4.06. The Labute approximate surface area is 217 Å². The molecular formula is C28H35N5O4. The standard InChI is InChI=1S/C28H35N5O4/c1-18(2)22-15-23(25(35)16-24(22)34)26-29-30-28(37)33(26)21-7-5-19(6-8-21)17-31-13-9-20(10-14-31)27(36)32-11-3-4-12-32/h5-8,15-16,18,20,34-35H,3-4,9-14,17H2,1-2H3,(H,30,37). The summed E-state index contributed by atoms with van der Waals surface area (Å²) in [5.41, 5.74) is 2.85. The van der Waals surface area contributed by atoms with Gasteiger partial charge in [0.1, 0.15) is 11.5 Å². The number of phenolic OH excluding ortho intramolecular Hbond substituents is 2. The van der Waals surface area contributed by atoms with Crippen molar-refractivity contribution >= 4 is 5.91 Å². The van der Waals surface area contributed by atoms with Gasteiger partial charge in [-0.15, -0.1) is 5.10 Å². The second-order valence-electron chi connectivity index (χ2n) is 10.5. The van der Waals surface area contributed by atoms with Crippen LogP contribution in [0.15, 0.2) is 36.4 Å². The van der Waals surface area contributed by atoms with Gasteiger partial charge in [0.15, 0.2) is 5.82 Å². The third kappa shape index (κ3) is 5.13. The lowest BCUT2D eigenvalue weighted by Gasteiger charge is -2.33. The zero-order valence-electron chi connectivity index (χ0n) is 21.5. The predicted molar refractivity (Wildman–Crippen MR) is 140 cm³/mol. The topological polar surface area (TPSA) is 115 Å². The van der Waals surface area contributed by atoms with E-state index in [9.17, 15) is 20.1 Å². The number of rotatable bonds is 6. The molecule has 3 N–H and O–H groups in total. The van der Waals surface area contributed by atoms with E-state index in [1.165, 1.54) is 10.6 Å². The second kappa shape index (κ2) is 10.4. The van der Waals surface area contributed by atoms with Crippen molar-refractivity contribution in [2.45, 2.75) is 52.0 Å². The van der Waals surface area contributed by atoms with Crippen molar-refractivity contribution in [2.24, 2.45) is 5.92 Å². The van der Waals surface area contributed by atoms with Crippen LogP contribution in [-0.2, 0) is 11.3 Å². The van der Waals surface area contributed by atoms with E-state index in [0.717, 1.165) is 64.0 Å². The molecule has 5 rings (SSSR count). The highest BCUT2D eigenvalue weighted by molar-refractivity contribution is 5.79. The summed E-state index contributed by atoms with van der Waals surface area (Å²) in [5.74, 6) is 0.686. The van der Waals surface area contributed by atoms with E-state index in [2.05, 4.69) is 15.1 Å². The smallest absolute Gasteiger partial charge is 0.319 e. The number of piperidine rings is 1. The van der Waals surface area contributed by atoms with Crippen molar-refractivity contribution in [3.05, 3.63) is 47.5 Å². The van der Waals surface area contributed by atoms with Crippen LogP contribution in [0.5, 0.6) is 17.5 Å². The van der Waals surface area contributed by atoms with E-state index in [4.69, 9.17) is 0 Å². The number of phenols is 2. The number of carbonyl (C=O) groups is 1. The minimum absolute atomic E-state index is 0.0142. The van der Waals surface area contributed by atoms with Crippen LogP contribution in [0.25, 0.3) is 17.1 Å². The van der Waals surface area contributed by atoms with Gasteiger partial charge in [-0.05, 0) is 74.0 Å². The Hall–Kier alpha value is -3.59. The lowest BCUT2D eigenvalue weighted by atomic mass is 9.95. The molecule has 0 unspecified atom stereocenters. The molecule has 9 heteroatoms. The fourth-order valence-corrected chi connectivity index (χ4v) is 5.47. The Morgan fingerprint density at radius 3 is 2.27 bits per heavy atom. The zero-order valence-corrected chi connectivity index (χ0v) is 21.5. The summed E-state index contributed by atoms with van der Waals surface area (Å²) >= 11 is 0. The van der Waals surface area contributed by atoms with Gasteiger partial charge in [-0.25, -0.2) is 4.57 Å². The maximum absolute atomic E-state index is 12.7. The quantitative estimate of drug-likeness (QED) is 0.464. The van der Waals surface area contributed by atoms with Gasteiger partial charge in [0.25, 0.3) is 0 Å². The van der Waals surface area contributed by atoms with Crippen molar-refractivity contribution in [3.8, 4) is 34.6 Å². The van der Waals surface area contributed by atoms with Gasteiger partial charge in [-0.2, -0.15) is 0 Å². The second-order valence-corrected chi connectivity index (χ2v) is 10.5. The van der Waals surface area contributed by atoms with Crippen molar-refractivity contribution in [3.63, 3.8) is 0 Å². The van der Waals surface area contributed by atoms with Crippen molar-refractivity contribution < 1.29 is 20.1 Å². The molecule has 2 aromatic carbocycles. The van der Waals surface area contributed by atoms with Crippen LogP contribution in [0, 0.1) is 5.92 Å². The largest absolute Gasteiger partial charge is 0.508 e. The normalized spacial score (nSPS) is 17.1. The number of hydrogen-bond acceptors (Lipinski definition) is 7. The Morgan fingerprint density at radius 2 is 1.62 bits per heavy atom. The van der Waals surface area contributed by atoms with Crippen LogP contribution in [0.2, 0.25) is 0 Å². The number of amides is 1. The van der Waals surface area contributed by atoms with Crippen molar-refractivity contribution in [2.75, 3.05) is 26.2 Å². The van der Waals surface area contributed by atoms with Gasteiger partial charge >= 0.3 is 6.01 Å². The minimum Gasteiger partial charge on any atom is -0.508 e. The van der Waals surface area contributed by atoms with E-state index in [0.29, 0.717) is 22.7 Å². The number of aromatic nitrogens is 3. The third-order valence-corrected chi connectivity index (χ3v) is 7.61. The average Bonchev–Trinajstić information content (AvgIpc) is 3.55. The number of benzene rings is 2. The molecule has 37 heavy (non-hydrogen) atoms. The van der Waals surface area contributed by atoms with E-state index >= 15 is 0 Å². The van der Waals surface area contributed by atoms with Gasteiger partial charge in [0.2, 0.25) is 5.91 Å². The van der Waals surface area contributed by atoms with Crippen LogP contribution in [0.4, 0.5) is 0 Å². The van der Waals surface area contributed by atoms with Crippen LogP contribution in [0.1, 0.15) is 56.6 Å². The molecule has 0 spiro atoms. The van der Waals surface area contributed by atoms with Gasteiger partial charge in [0.05, 0.1) is 11.3 Å². The molecule has 1 amide bonds. The maximum atomic E-state index is 12.7. The fraction of sp³-hybridized carbons (Fsp3) is 0.464. The molecular weight excluding hydrogens is 470 g/mol. The first-order valence-corrected chi connectivity index (χ1v) is 13.1. The molecule has 0 atom stereocenters. The number of nitrogens with zero attached hydrogens (tertiary/aromatic N) is 5. The number of aromatic hydroxyl groups is 3. The monoisotopic (exact) mass is 505 g/mol. The van der Waals surface area contributed by atoms with Gasteiger partial charge in [-0.1, -0.05) is 31.1 Å². The van der Waals surface area contributed by atoms with Crippen molar-refractivity contribution in [1.82, 2.24) is 24.6 Å². The lowest BCUT2D eigenvalue weighted by Crippen LogP contribution is -2.41.